The molecule has 1 saturated heterocycles. The van der Waals surface area contributed by atoms with Gasteiger partial charge in [0.15, 0.2) is 11.5 Å². The van der Waals surface area contributed by atoms with E-state index in [-0.39, 0.29) is 12.2 Å². The second-order valence-corrected chi connectivity index (χ2v) is 5.98. The second-order valence-electron chi connectivity index (χ2n) is 5.20. The van der Waals surface area contributed by atoms with Gasteiger partial charge in [-0.1, -0.05) is 0 Å². The minimum absolute atomic E-state index is 0.0768. The van der Waals surface area contributed by atoms with Gasteiger partial charge in [0.05, 0.1) is 12.4 Å². The molecule has 4 rings (SSSR count). The fourth-order valence-electron chi connectivity index (χ4n) is 2.76. The summed E-state index contributed by atoms with van der Waals surface area (Å²) in [7, 11) is 0. The molecule has 7 heteroatoms. The summed E-state index contributed by atoms with van der Waals surface area (Å²) in [6, 6.07) is 2.12. The standard InChI is InChI=1S/C14H15N5OS/c1-9-4-19(5-11(20-9)10-2-3-21-6-10)14-12-13(16-7-15-12)17-8-18-14/h2-3,6-9,11H,4-5H2,1H3,(H,15,16,17,18)/t9-,11-/m1/s1. The number of rotatable bonds is 2. The van der Waals surface area contributed by atoms with Gasteiger partial charge in [0.2, 0.25) is 0 Å². The average molecular weight is 301 g/mol. The molecule has 108 valence electrons. The third-order valence-corrected chi connectivity index (χ3v) is 4.38. The highest BCUT2D eigenvalue weighted by molar-refractivity contribution is 7.07. The number of anilines is 1. The van der Waals surface area contributed by atoms with Crippen LogP contribution in [0.15, 0.2) is 29.5 Å². The van der Waals surface area contributed by atoms with Crippen LogP contribution in [0.25, 0.3) is 11.2 Å². The van der Waals surface area contributed by atoms with Crippen molar-refractivity contribution in [3.63, 3.8) is 0 Å². The van der Waals surface area contributed by atoms with Gasteiger partial charge >= 0.3 is 0 Å². The van der Waals surface area contributed by atoms with Crippen molar-refractivity contribution in [2.45, 2.75) is 19.1 Å². The topological polar surface area (TPSA) is 66.9 Å². The van der Waals surface area contributed by atoms with Gasteiger partial charge in [-0.25, -0.2) is 15.0 Å². The van der Waals surface area contributed by atoms with Gasteiger partial charge in [0.25, 0.3) is 0 Å². The molecular weight excluding hydrogens is 286 g/mol. The van der Waals surface area contributed by atoms with Crippen LogP contribution in [0.5, 0.6) is 0 Å². The molecule has 21 heavy (non-hydrogen) atoms. The summed E-state index contributed by atoms with van der Waals surface area (Å²) in [6.45, 7) is 3.69. The Balaban J connectivity index is 1.69. The summed E-state index contributed by atoms with van der Waals surface area (Å²) in [4.78, 5) is 18.2. The fraction of sp³-hybridized carbons (Fsp3) is 0.357. The molecule has 0 unspecified atom stereocenters. The molecule has 0 amide bonds. The zero-order valence-electron chi connectivity index (χ0n) is 11.6. The Hall–Kier alpha value is -1.99. The molecule has 0 bridgehead atoms. The van der Waals surface area contributed by atoms with Gasteiger partial charge < -0.3 is 14.6 Å². The minimum atomic E-state index is 0.0768. The van der Waals surface area contributed by atoms with Gasteiger partial charge in [-0.15, -0.1) is 0 Å². The van der Waals surface area contributed by atoms with E-state index in [0.29, 0.717) is 5.65 Å². The fourth-order valence-corrected chi connectivity index (χ4v) is 3.46. The Kier molecular flexibility index (Phi) is 3.08. The summed E-state index contributed by atoms with van der Waals surface area (Å²) in [5, 5.41) is 4.23. The van der Waals surface area contributed by atoms with Gasteiger partial charge in [0.1, 0.15) is 17.9 Å². The number of hydrogen-bond acceptors (Lipinski definition) is 6. The van der Waals surface area contributed by atoms with Gasteiger partial charge in [0, 0.05) is 13.1 Å². The smallest absolute Gasteiger partial charge is 0.182 e. The molecule has 6 nitrogen and oxygen atoms in total. The van der Waals surface area contributed by atoms with Crippen LogP contribution in [0.3, 0.4) is 0 Å². The highest BCUT2D eigenvalue weighted by Crippen LogP contribution is 2.30. The van der Waals surface area contributed by atoms with Crippen LogP contribution < -0.4 is 4.90 Å². The highest BCUT2D eigenvalue weighted by Gasteiger charge is 2.28. The molecule has 3 aromatic rings. The molecule has 0 aliphatic carbocycles. The van der Waals surface area contributed by atoms with E-state index in [2.05, 4.69) is 48.6 Å². The summed E-state index contributed by atoms with van der Waals surface area (Å²) in [5.41, 5.74) is 2.81. The number of ether oxygens (including phenoxy) is 1. The Bertz CT molecular complexity index is 741. The van der Waals surface area contributed by atoms with Crippen molar-refractivity contribution in [2.75, 3.05) is 18.0 Å². The van der Waals surface area contributed by atoms with Gasteiger partial charge in [-0.3, -0.25) is 0 Å². The molecule has 0 saturated carbocycles. The quantitative estimate of drug-likeness (QED) is 0.787. The first-order valence-corrected chi connectivity index (χ1v) is 7.82. The number of nitrogens with zero attached hydrogens (tertiary/aromatic N) is 4. The molecule has 1 aliphatic heterocycles. The van der Waals surface area contributed by atoms with Crippen LogP contribution in [0.4, 0.5) is 5.82 Å². The monoisotopic (exact) mass is 301 g/mol. The molecule has 1 N–H and O–H groups in total. The zero-order valence-corrected chi connectivity index (χ0v) is 12.4. The Labute approximate surface area is 125 Å². The lowest BCUT2D eigenvalue weighted by Crippen LogP contribution is -2.43. The molecule has 1 fully saturated rings. The Morgan fingerprint density at radius 2 is 2.29 bits per heavy atom. The first-order chi connectivity index (χ1) is 10.3. The number of H-pyrrole nitrogens is 1. The summed E-state index contributed by atoms with van der Waals surface area (Å²) < 4.78 is 6.07. The number of aromatic amines is 1. The second kappa shape index (κ2) is 5.09. The van der Waals surface area contributed by atoms with E-state index in [1.807, 2.05) is 0 Å². The van der Waals surface area contributed by atoms with Crippen molar-refractivity contribution in [1.29, 1.82) is 0 Å². The number of imidazole rings is 1. The lowest BCUT2D eigenvalue weighted by molar-refractivity contribution is -0.0173. The molecule has 2 atom stereocenters. The van der Waals surface area contributed by atoms with Crippen molar-refractivity contribution in [1.82, 2.24) is 19.9 Å². The SMILES string of the molecule is C[C@@H]1CN(c2ncnc3nc[nH]c23)C[C@H](c2ccsc2)O1. The minimum Gasteiger partial charge on any atom is -0.367 e. The zero-order chi connectivity index (χ0) is 14.2. The molecule has 1 aliphatic rings. The maximum atomic E-state index is 6.07. The molecule has 0 spiro atoms. The van der Waals surface area contributed by atoms with Crippen LogP contribution in [0.2, 0.25) is 0 Å². The Morgan fingerprint density at radius 1 is 1.33 bits per heavy atom. The lowest BCUT2D eigenvalue weighted by Gasteiger charge is -2.37. The number of thiophene rings is 1. The molecule has 3 aromatic heterocycles. The van der Waals surface area contributed by atoms with Crippen LogP contribution in [0, 0.1) is 0 Å². The number of fused-ring (bicyclic) bond motifs is 1. The molecule has 4 heterocycles. The maximum Gasteiger partial charge on any atom is 0.182 e. The van der Waals surface area contributed by atoms with Gasteiger partial charge in [-0.05, 0) is 29.3 Å². The van der Waals surface area contributed by atoms with Crippen molar-refractivity contribution in [3.05, 3.63) is 35.0 Å². The molecule has 0 aromatic carbocycles. The van der Waals surface area contributed by atoms with Crippen LogP contribution in [-0.4, -0.2) is 39.1 Å². The van der Waals surface area contributed by atoms with E-state index in [9.17, 15) is 0 Å². The largest absolute Gasteiger partial charge is 0.367 e. The predicted octanol–water partition coefficient (Wildman–Crippen LogP) is 2.38. The van der Waals surface area contributed by atoms with E-state index in [0.717, 1.165) is 24.4 Å². The number of aromatic nitrogens is 4. The van der Waals surface area contributed by atoms with E-state index in [4.69, 9.17) is 4.74 Å². The van der Waals surface area contributed by atoms with E-state index in [1.165, 1.54) is 5.56 Å². The summed E-state index contributed by atoms with van der Waals surface area (Å²) in [5.74, 6) is 0.896. The first-order valence-electron chi connectivity index (χ1n) is 6.88. The predicted molar refractivity (Wildman–Crippen MR) is 81.5 cm³/mol. The number of morpholine rings is 1. The normalized spacial score (nSPS) is 22.8. The lowest BCUT2D eigenvalue weighted by atomic mass is 10.1. The average Bonchev–Trinajstić information content (AvgIpc) is 3.17. The van der Waals surface area contributed by atoms with Crippen LogP contribution >= 0.6 is 11.3 Å². The van der Waals surface area contributed by atoms with E-state index < -0.39 is 0 Å². The third kappa shape index (κ3) is 2.28. The number of hydrogen-bond donors (Lipinski definition) is 1. The number of nitrogens with one attached hydrogen (secondary N) is 1. The maximum absolute atomic E-state index is 6.07. The highest BCUT2D eigenvalue weighted by atomic mass is 32.1. The molecule has 0 radical (unpaired) electrons. The van der Waals surface area contributed by atoms with Crippen molar-refractivity contribution < 1.29 is 4.74 Å². The Morgan fingerprint density at radius 3 is 3.14 bits per heavy atom. The van der Waals surface area contributed by atoms with Crippen LogP contribution in [0.1, 0.15) is 18.6 Å². The summed E-state index contributed by atoms with van der Waals surface area (Å²) in [6.07, 6.45) is 3.45. The van der Waals surface area contributed by atoms with Crippen molar-refractivity contribution in [3.8, 4) is 0 Å². The van der Waals surface area contributed by atoms with Crippen molar-refractivity contribution in [2.24, 2.45) is 0 Å². The van der Waals surface area contributed by atoms with Gasteiger partial charge in [-0.2, -0.15) is 11.3 Å². The van der Waals surface area contributed by atoms with E-state index >= 15 is 0 Å². The van der Waals surface area contributed by atoms with Crippen molar-refractivity contribution >= 4 is 28.3 Å². The van der Waals surface area contributed by atoms with E-state index in [1.54, 1.807) is 24.0 Å². The van der Waals surface area contributed by atoms with Crippen LogP contribution in [-0.2, 0) is 4.74 Å². The third-order valence-electron chi connectivity index (χ3n) is 3.68. The summed E-state index contributed by atoms with van der Waals surface area (Å²) >= 11 is 1.70. The molecular formula is C14H15N5OS. The first kappa shape index (κ1) is 12.7.